The monoisotopic (exact) mass is 328 g/mol. The van der Waals surface area contributed by atoms with Crippen LogP contribution in [-0.2, 0) is 4.79 Å². The molecule has 0 aromatic rings. The smallest absolute Gasteiger partial charge is 0.317 e. The summed E-state index contributed by atoms with van der Waals surface area (Å²) in [6, 6.07) is 0.590. The van der Waals surface area contributed by atoms with Gasteiger partial charge in [0.05, 0.1) is 6.54 Å². The molecular formula is C16H32N4O3. The average Bonchev–Trinajstić information content (AvgIpc) is 2.47. The Hall–Kier alpha value is -1.34. The van der Waals surface area contributed by atoms with Crippen molar-refractivity contribution in [2.24, 2.45) is 0 Å². The summed E-state index contributed by atoms with van der Waals surface area (Å²) in [5, 5.41) is 14.8. The summed E-state index contributed by atoms with van der Waals surface area (Å²) in [4.78, 5) is 27.0. The molecule has 7 nitrogen and oxygen atoms in total. The van der Waals surface area contributed by atoms with Crippen LogP contribution in [0.2, 0.25) is 0 Å². The highest BCUT2D eigenvalue weighted by Gasteiger charge is 2.34. The van der Waals surface area contributed by atoms with Gasteiger partial charge in [-0.2, -0.15) is 0 Å². The molecule has 134 valence electrons. The van der Waals surface area contributed by atoms with Gasteiger partial charge in [-0.1, -0.05) is 20.8 Å². The van der Waals surface area contributed by atoms with Gasteiger partial charge in [0.25, 0.3) is 0 Å². The lowest BCUT2D eigenvalue weighted by Gasteiger charge is -2.42. The molecule has 3 N–H and O–H groups in total. The summed E-state index contributed by atoms with van der Waals surface area (Å²) in [7, 11) is 0. The molecule has 1 saturated carbocycles. The van der Waals surface area contributed by atoms with Crippen molar-refractivity contribution in [1.29, 1.82) is 0 Å². The van der Waals surface area contributed by atoms with E-state index in [1.165, 1.54) is 0 Å². The van der Waals surface area contributed by atoms with Crippen molar-refractivity contribution in [3.05, 3.63) is 0 Å². The maximum absolute atomic E-state index is 11.9. The van der Waals surface area contributed by atoms with Gasteiger partial charge in [-0.15, -0.1) is 0 Å². The van der Waals surface area contributed by atoms with Crippen molar-refractivity contribution >= 4 is 12.0 Å². The Balaban J connectivity index is 2.24. The average molecular weight is 328 g/mol. The number of carbonyl (C=O) groups is 2. The zero-order chi connectivity index (χ0) is 17.4. The molecule has 1 rings (SSSR count). The number of likely N-dealkylation sites (N-methyl/N-ethyl adjacent to an activating group) is 2. The van der Waals surface area contributed by atoms with E-state index in [1.807, 2.05) is 11.8 Å². The zero-order valence-electron chi connectivity index (χ0n) is 14.8. The summed E-state index contributed by atoms with van der Waals surface area (Å²) in [6.45, 7) is 11.7. The van der Waals surface area contributed by atoms with Gasteiger partial charge in [0.2, 0.25) is 0 Å². The number of carboxylic acids is 1. The molecule has 0 aromatic carbocycles. The zero-order valence-corrected chi connectivity index (χ0v) is 14.8. The third-order valence-corrected chi connectivity index (χ3v) is 4.70. The van der Waals surface area contributed by atoms with E-state index < -0.39 is 5.97 Å². The first-order valence-electron chi connectivity index (χ1n) is 8.65. The first kappa shape index (κ1) is 19.7. The molecule has 1 aliphatic rings. The highest BCUT2D eigenvalue weighted by molar-refractivity contribution is 5.74. The van der Waals surface area contributed by atoms with E-state index in [2.05, 4.69) is 36.3 Å². The van der Waals surface area contributed by atoms with Crippen LogP contribution in [0.25, 0.3) is 0 Å². The third-order valence-electron chi connectivity index (χ3n) is 4.70. The summed E-state index contributed by atoms with van der Waals surface area (Å²) >= 11 is 0. The predicted octanol–water partition coefficient (Wildman–Crippen LogP) is 0.953. The number of rotatable bonds is 10. The number of carbonyl (C=O) groups excluding carboxylic acids is 1. The highest BCUT2D eigenvalue weighted by Crippen LogP contribution is 2.25. The topological polar surface area (TPSA) is 84.9 Å². The Morgan fingerprint density at radius 2 is 1.78 bits per heavy atom. The number of carboxylic acid groups (broad SMARTS) is 1. The van der Waals surface area contributed by atoms with Gasteiger partial charge in [-0.3, -0.25) is 14.6 Å². The maximum Gasteiger partial charge on any atom is 0.317 e. The lowest BCUT2D eigenvalue weighted by molar-refractivity contribution is -0.139. The van der Waals surface area contributed by atoms with Crippen molar-refractivity contribution in [2.75, 3.05) is 32.7 Å². The number of urea groups is 1. The first-order chi connectivity index (χ1) is 10.9. The van der Waals surface area contributed by atoms with Crippen LogP contribution in [0.1, 0.15) is 40.5 Å². The lowest BCUT2D eigenvalue weighted by atomic mass is 9.85. The molecular weight excluding hydrogens is 296 g/mol. The summed E-state index contributed by atoms with van der Waals surface area (Å²) in [6.07, 6.45) is 1.64. The number of hydrogen-bond donors (Lipinski definition) is 3. The molecule has 0 aliphatic heterocycles. The lowest BCUT2D eigenvalue weighted by Crippen LogP contribution is -2.57. The van der Waals surface area contributed by atoms with Crippen molar-refractivity contribution in [2.45, 2.75) is 58.7 Å². The summed E-state index contributed by atoms with van der Waals surface area (Å²) in [5.74, 6) is -0.800. The Morgan fingerprint density at radius 3 is 2.26 bits per heavy atom. The van der Waals surface area contributed by atoms with Gasteiger partial charge in [-0.05, 0) is 39.4 Å². The number of nitrogens with zero attached hydrogens (tertiary/aromatic N) is 2. The second kappa shape index (κ2) is 9.72. The third kappa shape index (κ3) is 6.35. The van der Waals surface area contributed by atoms with Gasteiger partial charge in [0.1, 0.15) is 0 Å². The van der Waals surface area contributed by atoms with Crippen LogP contribution in [0.15, 0.2) is 0 Å². The van der Waals surface area contributed by atoms with Gasteiger partial charge >= 0.3 is 12.0 Å². The fourth-order valence-electron chi connectivity index (χ4n) is 3.13. The molecule has 1 unspecified atom stereocenters. The Labute approximate surface area is 139 Å². The second-order valence-corrected chi connectivity index (χ2v) is 6.20. The molecule has 1 atom stereocenters. The van der Waals surface area contributed by atoms with E-state index in [1.54, 1.807) is 0 Å². The van der Waals surface area contributed by atoms with Crippen molar-refractivity contribution in [1.82, 2.24) is 20.4 Å². The summed E-state index contributed by atoms with van der Waals surface area (Å²) < 4.78 is 0. The number of aliphatic carboxylic acids is 1. The maximum atomic E-state index is 11.9. The van der Waals surface area contributed by atoms with Crippen LogP contribution in [0.3, 0.4) is 0 Å². The van der Waals surface area contributed by atoms with Crippen LogP contribution in [0.4, 0.5) is 4.79 Å². The number of amides is 2. The number of hydrogen-bond acceptors (Lipinski definition) is 4. The Kier molecular flexibility index (Phi) is 8.33. The van der Waals surface area contributed by atoms with Crippen LogP contribution in [0, 0.1) is 0 Å². The molecule has 7 heteroatoms. The molecule has 0 heterocycles. The summed E-state index contributed by atoms with van der Waals surface area (Å²) in [5.41, 5.74) is 0. The van der Waals surface area contributed by atoms with Crippen LogP contribution in [0.5, 0.6) is 0 Å². The van der Waals surface area contributed by atoms with E-state index in [0.717, 1.165) is 32.5 Å². The van der Waals surface area contributed by atoms with Crippen LogP contribution < -0.4 is 10.6 Å². The van der Waals surface area contributed by atoms with Gasteiger partial charge < -0.3 is 15.7 Å². The van der Waals surface area contributed by atoms with Gasteiger partial charge in [0.15, 0.2) is 0 Å². The largest absolute Gasteiger partial charge is 0.480 e. The SMILES string of the molecule is CCN(CC)C(C)CNC(=O)NC1CC(N(CC)CC(=O)O)C1. The van der Waals surface area contributed by atoms with Gasteiger partial charge in [-0.25, -0.2) is 4.79 Å². The molecule has 0 radical (unpaired) electrons. The Bertz CT molecular complexity index is 382. The minimum Gasteiger partial charge on any atom is -0.480 e. The van der Waals surface area contributed by atoms with E-state index >= 15 is 0 Å². The van der Waals surface area contributed by atoms with Crippen molar-refractivity contribution in [3.8, 4) is 0 Å². The van der Waals surface area contributed by atoms with E-state index in [0.29, 0.717) is 12.6 Å². The fourth-order valence-corrected chi connectivity index (χ4v) is 3.13. The Morgan fingerprint density at radius 1 is 1.17 bits per heavy atom. The van der Waals surface area contributed by atoms with E-state index in [4.69, 9.17) is 5.11 Å². The normalized spacial score (nSPS) is 21.8. The first-order valence-corrected chi connectivity index (χ1v) is 8.65. The van der Waals surface area contributed by atoms with Crippen molar-refractivity contribution in [3.63, 3.8) is 0 Å². The number of nitrogens with one attached hydrogen (secondary N) is 2. The van der Waals surface area contributed by atoms with Gasteiger partial charge in [0, 0.05) is 24.7 Å². The molecule has 0 spiro atoms. The molecule has 0 bridgehead atoms. The van der Waals surface area contributed by atoms with E-state index in [-0.39, 0.29) is 24.7 Å². The van der Waals surface area contributed by atoms with Crippen molar-refractivity contribution < 1.29 is 14.7 Å². The predicted molar refractivity (Wildman–Crippen MR) is 90.6 cm³/mol. The molecule has 23 heavy (non-hydrogen) atoms. The fraction of sp³-hybridized carbons (Fsp3) is 0.875. The minimum atomic E-state index is -0.800. The molecule has 0 saturated heterocycles. The second-order valence-electron chi connectivity index (χ2n) is 6.20. The molecule has 0 aromatic heterocycles. The van der Waals surface area contributed by atoms with Crippen LogP contribution in [-0.4, -0.2) is 77.8 Å². The molecule has 1 fully saturated rings. The van der Waals surface area contributed by atoms with Crippen LogP contribution >= 0.6 is 0 Å². The minimum absolute atomic E-state index is 0.0709. The molecule has 2 amide bonds. The standard InChI is InChI=1S/C16H32N4O3/c1-5-19(6-2)12(4)10-17-16(23)18-13-8-14(9-13)20(7-3)11-15(21)22/h12-14H,5-11H2,1-4H3,(H,21,22)(H2,17,18,23). The van der Waals surface area contributed by atoms with E-state index in [9.17, 15) is 9.59 Å². The quantitative estimate of drug-likeness (QED) is 0.556. The highest BCUT2D eigenvalue weighted by atomic mass is 16.4. The molecule has 1 aliphatic carbocycles.